The van der Waals surface area contributed by atoms with E-state index in [9.17, 15) is 14.7 Å². The van der Waals surface area contributed by atoms with Crippen LogP contribution in [-0.2, 0) is 17.8 Å². The number of carboxylic acid groups (broad SMARTS) is 1. The molecule has 0 aliphatic rings. The number of aromatic nitrogens is 1. The number of aromatic carboxylic acids is 1. The van der Waals surface area contributed by atoms with Gasteiger partial charge in [0, 0.05) is 24.6 Å². The predicted molar refractivity (Wildman–Crippen MR) is 147 cm³/mol. The lowest BCUT2D eigenvalue weighted by atomic mass is 9.91. The van der Waals surface area contributed by atoms with Crippen LogP contribution in [0.3, 0.4) is 0 Å². The highest BCUT2D eigenvalue weighted by Crippen LogP contribution is 2.30. The van der Waals surface area contributed by atoms with Crippen molar-refractivity contribution in [2.24, 2.45) is 5.41 Å². The third-order valence-electron chi connectivity index (χ3n) is 6.21. The maximum Gasteiger partial charge on any atom is 0.335 e. The first-order chi connectivity index (χ1) is 17.6. The molecule has 0 unspecified atom stereocenters. The van der Waals surface area contributed by atoms with E-state index in [2.05, 4.69) is 4.98 Å². The van der Waals surface area contributed by atoms with Gasteiger partial charge in [0.05, 0.1) is 12.1 Å². The largest absolute Gasteiger partial charge is 0.478 e. The minimum Gasteiger partial charge on any atom is -0.478 e. The molecule has 190 valence electrons. The Morgan fingerprint density at radius 1 is 0.865 bits per heavy atom. The van der Waals surface area contributed by atoms with Gasteiger partial charge in [0.2, 0.25) is 5.91 Å². The van der Waals surface area contributed by atoms with Crippen molar-refractivity contribution in [2.75, 3.05) is 11.5 Å². The number of aliphatic hydroxyl groups excluding tert-OH is 1. The highest BCUT2D eigenvalue weighted by Gasteiger charge is 2.25. The first-order valence-electron chi connectivity index (χ1n) is 12.4. The summed E-state index contributed by atoms with van der Waals surface area (Å²) in [5.74, 6) is -0.519. The van der Waals surface area contributed by atoms with Crippen LogP contribution in [-0.4, -0.2) is 33.7 Å². The monoisotopic (exact) mass is 496 g/mol. The molecule has 1 aromatic heterocycles. The lowest BCUT2D eigenvalue weighted by Gasteiger charge is -2.27. The van der Waals surface area contributed by atoms with Crippen LogP contribution >= 0.6 is 0 Å². The molecule has 0 atom stereocenters. The number of benzene rings is 3. The average Bonchev–Trinajstić information content (AvgIpc) is 2.86. The smallest absolute Gasteiger partial charge is 0.335 e. The van der Waals surface area contributed by atoms with Crippen LogP contribution in [0.1, 0.15) is 48.7 Å². The van der Waals surface area contributed by atoms with Crippen molar-refractivity contribution in [1.29, 1.82) is 0 Å². The summed E-state index contributed by atoms with van der Waals surface area (Å²) < 4.78 is 0. The lowest BCUT2D eigenvalue weighted by Crippen LogP contribution is -2.34. The molecule has 0 spiro atoms. The maximum absolute atomic E-state index is 13.5. The van der Waals surface area contributed by atoms with Crippen molar-refractivity contribution in [3.05, 3.63) is 95.7 Å². The summed E-state index contributed by atoms with van der Waals surface area (Å²) in [7, 11) is 0. The summed E-state index contributed by atoms with van der Waals surface area (Å²) in [6, 6.07) is 22.9. The zero-order valence-electron chi connectivity index (χ0n) is 21.4. The van der Waals surface area contributed by atoms with Gasteiger partial charge in [-0.15, -0.1) is 0 Å². The summed E-state index contributed by atoms with van der Waals surface area (Å²) in [6.07, 6.45) is 2.60. The van der Waals surface area contributed by atoms with Gasteiger partial charge in [0.1, 0.15) is 5.82 Å². The van der Waals surface area contributed by atoms with Crippen LogP contribution < -0.4 is 4.90 Å². The summed E-state index contributed by atoms with van der Waals surface area (Å²) in [4.78, 5) is 31.2. The quantitative estimate of drug-likeness (QED) is 0.307. The van der Waals surface area contributed by atoms with Crippen molar-refractivity contribution in [2.45, 2.75) is 40.2 Å². The molecule has 2 N–H and O–H groups in total. The summed E-state index contributed by atoms with van der Waals surface area (Å²) in [5, 5.41) is 20.0. The summed E-state index contributed by atoms with van der Waals surface area (Å²) >= 11 is 0. The number of carboxylic acids is 1. The fourth-order valence-electron chi connectivity index (χ4n) is 4.32. The Hall–Kier alpha value is -4.03. The number of carbonyl (C=O) groups is 2. The number of fused-ring (bicyclic) bond motifs is 1. The van der Waals surface area contributed by atoms with E-state index in [1.165, 1.54) is 0 Å². The molecule has 1 amide bonds. The Labute approximate surface area is 217 Å². The molecule has 0 fully saturated rings. The Bertz CT molecular complexity index is 1400. The molecular weight excluding hydrogens is 464 g/mol. The third-order valence-corrected chi connectivity index (χ3v) is 6.21. The van der Waals surface area contributed by atoms with Crippen LogP contribution in [0.15, 0.2) is 79.0 Å². The van der Waals surface area contributed by atoms with Crippen LogP contribution in [0.4, 0.5) is 5.82 Å². The predicted octanol–water partition coefficient (Wildman–Crippen LogP) is 6.10. The highest BCUT2D eigenvalue weighted by molar-refractivity contribution is 6.04. The van der Waals surface area contributed by atoms with Crippen molar-refractivity contribution in [1.82, 2.24) is 4.98 Å². The van der Waals surface area contributed by atoms with Gasteiger partial charge < -0.3 is 10.2 Å². The number of pyridine rings is 1. The van der Waals surface area contributed by atoms with Crippen LogP contribution in [0.2, 0.25) is 0 Å². The molecule has 0 aliphatic carbocycles. The molecule has 6 nitrogen and oxygen atoms in total. The topological polar surface area (TPSA) is 90.7 Å². The maximum atomic E-state index is 13.5. The second kappa shape index (κ2) is 10.9. The van der Waals surface area contributed by atoms with E-state index in [0.717, 1.165) is 33.0 Å². The van der Waals surface area contributed by atoms with Gasteiger partial charge in [-0.1, -0.05) is 69.3 Å². The molecule has 3 aromatic carbocycles. The molecule has 0 aliphatic heterocycles. The van der Waals surface area contributed by atoms with E-state index in [1.807, 2.05) is 69.3 Å². The molecule has 6 heteroatoms. The van der Waals surface area contributed by atoms with Crippen LogP contribution in [0.25, 0.3) is 21.9 Å². The van der Waals surface area contributed by atoms with E-state index in [0.29, 0.717) is 25.2 Å². The fraction of sp³-hybridized carbons (Fsp3) is 0.258. The summed E-state index contributed by atoms with van der Waals surface area (Å²) in [6.45, 7) is 6.56. The Morgan fingerprint density at radius 3 is 2.05 bits per heavy atom. The molecule has 0 saturated heterocycles. The molecule has 1 heterocycles. The standard InChI is InChI=1S/C31H32N2O4/c1-31(2,3)19-28(35)33(29-27-13-12-26(30(36)37)18-25(27)14-16-32-29)20-22-6-10-24(11-7-22)23-8-4-21(5-9-23)15-17-34/h4-14,16,18,34H,15,17,19-20H2,1-3H3,(H,36,37). The van der Waals surface area contributed by atoms with Gasteiger partial charge in [-0.2, -0.15) is 0 Å². The molecule has 4 rings (SSSR count). The van der Waals surface area contributed by atoms with E-state index in [-0.39, 0.29) is 23.5 Å². The number of hydrogen-bond donors (Lipinski definition) is 2. The number of nitrogens with zero attached hydrogens (tertiary/aromatic N) is 2. The molecule has 37 heavy (non-hydrogen) atoms. The number of hydrogen-bond acceptors (Lipinski definition) is 4. The zero-order chi connectivity index (χ0) is 26.6. The number of rotatable bonds is 8. The fourth-order valence-corrected chi connectivity index (χ4v) is 4.32. The van der Waals surface area contributed by atoms with Crippen LogP contribution in [0, 0.1) is 5.41 Å². The Morgan fingerprint density at radius 2 is 1.49 bits per heavy atom. The summed E-state index contributed by atoms with van der Waals surface area (Å²) in [5.41, 5.74) is 4.19. The first-order valence-corrected chi connectivity index (χ1v) is 12.4. The van der Waals surface area contributed by atoms with Crippen molar-refractivity contribution >= 4 is 28.5 Å². The second-order valence-electron chi connectivity index (χ2n) is 10.5. The minimum absolute atomic E-state index is 0.0432. The molecule has 0 bridgehead atoms. The Balaban J connectivity index is 1.66. The van der Waals surface area contributed by atoms with Gasteiger partial charge in [0.25, 0.3) is 0 Å². The van der Waals surface area contributed by atoms with E-state index >= 15 is 0 Å². The van der Waals surface area contributed by atoms with Crippen molar-refractivity contribution < 1.29 is 19.8 Å². The lowest BCUT2D eigenvalue weighted by molar-refractivity contribution is -0.120. The minimum atomic E-state index is -0.996. The molecule has 0 saturated carbocycles. The van der Waals surface area contributed by atoms with Gasteiger partial charge in [-0.25, -0.2) is 9.78 Å². The third kappa shape index (κ3) is 6.40. The van der Waals surface area contributed by atoms with Crippen LogP contribution in [0.5, 0.6) is 0 Å². The average molecular weight is 497 g/mol. The van der Waals surface area contributed by atoms with Gasteiger partial charge >= 0.3 is 5.97 Å². The number of anilines is 1. The van der Waals surface area contributed by atoms with Gasteiger partial charge in [-0.3, -0.25) is 9.69 Å². The molecular formula is C31H32N2O4. The second-order valence-corrected chi connectivity index (χ2v) is 10.5. The van der Waals surface area contributed by atoms with Crippen molar-refractivity contribution in [3.8, 4) is 11.1 Å². The van der Waals surface area contributed by atoms with Crippen molar-refractivity contribution in [3.63, 3.8) is 0 Å². The number of aliphatic hydroxyl groups is 1. The van der Waals surface area contributed by atoms with Gasteiger partial charge in [0.15, 0.2) is 0 Å². The SMILES string of the molecule is CC(C)(C)CC(=O)N(Cc1ccc(-c2ccc(CCO)cc2)cc1)c1nccc2cc(C(=O)O)ccc12. The normalized spacial score (nSPS) is 11.5. The highest BCUT2D eigenvalue weighted by atomic mass is 16.4. The molecule has 0 radical (unpaired) electrons. The van der Waals surface area contributed by atoms with E-state index < -0.39 is 5.97 Å². The molecule has 4 aromatic rings. The van der Waals surface area contributed by atoms with E-state index in [4.69, 9.17) is 5.11 Å². The first kappa shape index (κ1) is 26.0. The van der Waals surface area contributed by atoms with Gasteiger partial charge in [-0.05, 0) is 63.7 Å². The number of carbonyl (C=O) groups excluding carboxylic acids is 1. The zero-order valence-corrected chi connectivity index (χ0v) is 21.4. The number of amides is 1. The Kier molecular flexibility index (Phi) is 7.69. The van der Waals surface area contributed by atoms with E-state index in [1.54, 1.807) is 35.4 Å².